The molecule has 0 saturated carbocycles. The van der Waals surface area contributed by atoms with Gasteiger partial charge >= 0.3 is 6.03 Å². The normalized spacial score (nSPS) is 10.4. The second-order valence-corrected chi connectivity index (χ2v) is 6.75. The van der Waals surface area contributed by atoms with Crippen LogP contribution in [0.15, 0.2) is 61.2 Å². The average molecular weight is 391 g/mol. The number of nitrogens with zero attached hydrogens (tertiary/aromatic N) is 2. The van der Waals surface area contributed by atoms with E-state index in [1.807, 2.05) is 48.9 Å². The zero-order valence-electron chi connectivity index (χ0n) is 16.6. The molecule has 0 aliphatic heterocycles. The molecule has 3 rings (SSSR count). The van der Waals surface area contributed by atoms with Gasteiger partial charge in [0.15, 0.2) is 0 Å². The summed E-state index contributed by atoms with van der Waals surface area (Å²) in [6.45, 7) is 5.43. The van der Waals surface area contributed by atoms with Crippen LogP contribution in [0.25, 0.3) is 0 Å². The molecule has 0 spiro atoms. The van der Waals surface area contributed by atoms with Crippen molar-refractivity contribution < 1.29 is 9.59 Å². The standard InChI is InChI=1S/C22H25N5O2/c1-3-24-21(28)19-8-7-16(2)20(12-19)26-22(29)25-13-17-5-4-6-18(11-17)14-27-10-9-23-15-27/h4-12,15H,3,13-14H2,1-2H3,(H,24,28)(H2,25,26,29). The van der Waals surface area contributed by atoms with Gasteiger partial charge in [-0.25, -0.2) is 9.78 Å². The summed E-state index contributed by atoms with van der Waals surface area (Å²) in [6, 6.07) is 13.0. The first-order chi connectivity index (χ1) is 14.0. The van der Waals surface area contributed by atoms with Gasteiger partial charge in [0, 0.05) is 43.3 Å². The van der Waals surface area contributed by atoms with Gasteiger partial charge in [0.25, 0.3) is 5.91 Å². The molecule has 3 aromatic rings. The first-order valence-corrected chi connectivity index (χ1v) is 9.52. The molecule has 0 saturated heterocycles. The van der Waals surface area contributed by atoms with E-state index < -0.39 is 0 Å². The minimum atomic E-state index is -0.318. The molecule has 3 amide bonds. The van der Waals surface area contributed by atoms with Gasteiger partial charge < -0.3 is 20.5 Å². The number of amides is 3. The molecular formula is C22H25N5O2. The Morgan fingerprint density at radius 2 is 1.90 bits per heavy atom. The highest BCUT2D eigenvalue weighted by atomic mass is 16.2. The number of benzene rings is 2. The van der Waals surface area contributed by atoms with E-state index in [2.05, 4.69) is 27.0 Å². The number of carbonyl (C=O) groups is 2. The summed E-state index contributed by atoms with van der Waals surface area (Å²) in [5.74, 6) is -0.161. The van der Waals surface area contributed by atoms with Gasteiger partial charge in [-0.2, -0.15) is 0 Å². The third-order valence-electron chi connectivity index (χ3n) is 4.45. The van der Waals surface area contributed by atoms with Crippen LogP contribution < -0.4 is 16.0 Å². The Bertz CT molecular complexity index is 983. The van der Waals surface area contributed by atoms with E-state index in [0.29, 0.717) is 24.3 Å². The van der Waals surface area contributed by atoms with E-state index in [1.165, 1.54) is 0 Å². The maximum atomic E-state index is 12.4. The van der Waals surface area contributed by atoms with E-state index in [-0.39, 0.29) is 11.9 Å². The van der Waals surface area contributed by atoms with Gasteiger partial charge in [-0.1, -0.05) is 30.3 Å². The van der Waals surface area contributed by atoms with Gasteiger partial charge in [0.1, 0.15) is 0 Å². The summed E-state index contributed by atoms with van der Waals surface area (Å²) in [5, 5.41) is 8.45. The molecule has 0 unspecified atom stereocenters. The van der Waals surface area contributed by atoms with Crippen LogP contribution in [0.3, 0.4) is 0 Å². The number of hydrogen-bond donors (Lipinski definition) is 3. The predicted octanol–water partition coefficient (Wildman–Crippen LogP) is 3.31. The van der Waals surface area contributed by atoms with Crippen LogP contribution in [-0.4, -0.2) is 28.0 Å². The molecule has 0 aliphatic carbocycles. The molecule has 150 valence electrons. The Morgan fingerprint density at radius 3 is 2.66 bits per heavy atom. The van der Waals surface area contributed by atoms with E-state index >= 15 is 0 Å². The summed E-state index contributed by atoms with van der Waals surface area (Å²) in [6.07, 6.45) is 5.43. The third kappa shape index (κ3) is 5.68. The number of nitrogens with one attached hydrogen (secondary N) is 3. The van der Waals surface area contributed by atoms with Crippen LogP contribution in [0.1, 0.15) is 34.0 Å². The molecule has 0 atom stereocenters. The number of hydrogen-bond acceptors (Lipinski definition) is 3. The van der Waals surface area contributed by atoms with Crippen LogP contribution in [0, 0.1) is 6.92 Å². The molecule has 7 nitrogen and oxygen atoms in total. The average Bonchev–Trinajstić information content (AvgIpc) is 3.21. The number of carbonyl (C=O) groups excluding carboxylic acids is 2. The Balaban J connectivity index is 1.59. The lowest BCUT2D eigenvalue weighted by molar-refractivity contribution is 0.0956. The Hall–Kier alpha value is -3.61. The zero-order valence-corrected chi connectivity index (χ0v) is 16.6. The lowest BCUT2D eigenvalue weighted by Crippen LogP contribution is -2.29. The SMILES string of the molecule is CCNC(=O)c1ccc(C)c(NC(=O)NCc2cccc(Cn3ccnc3)c2)c1. The van der Waals surface area contributed by atoms with Crippen molar-refractivity contribution in [3.8, 4) is 0 Å². The lowest BCUT2D eigenvalue weighted by atomic mass is 10.1. The van der Waals surface area contributed by atoms with E-state index in [9.17, 15) is 9.59 Å². The molecule has 1 aromatic heterocycles. The second-order valence-electron chi connectivity index (χ2n) is 6.75. The van der Waals surface area contributed by atoms with E-state index in [0.717, 1.165) is 23.2 Å². The molecule has 1 heterocycles. The van der Waals surface area contributed by atoms with Crippen LogP contribution in [0.2, 0.25) is 0 Å². The van der Waals surface area contributed by atoms with E-state index in [4.69, 9.17) is 0 Å². The minimum absolute atomic E-state index is 0.161. The quantitative estimate of drug-likeness (QED) is 0.577. The highest BCUT2D eigenvalue weighted by molar-refractivity contribution is 5.97. The summed E-state index contributed by atoms with van der Waals surface area (Å²) in [7, 11) is 0. The van der Waals surface area contributed by atoms with Crippen molar-refractivity contribution in [3.63, 3.8) is 0 Å². The molecule has 0 aliphatic rings. The van der Waals surface area contributed by atoms with Crippen LogP contribution in [0.4, 0.5) is 10.5 Å². The molecule has 29 heavy (non-hydrogen) atoms. The van der Waals surface area contributed by atoms with Gasteiger partial charge in [0.05, 0.1) is 6.33 Å². The Labute approximate surface area is 170 Å². The van der Waals surface area contributed by atoms with Crippen molar-refractivity contribution in [2.75, 3.05) is 11.9 Å². The maximum absolute atomic E-state index is 12.4. The van der Waals surface area contributed by atoms with Gasteiger partial charge in [-0.05, 0) is 42.7 Å². The fourth-order valence-electron chi connectivity index (χ4n) is 2.94. The van der Waals surface area contributed by atoms with Crippen molar-refractivity contribution >= 4 is 17.6 Å². The first kappa shape index (κ1) is 20.1. The molecule has 0 bridgehead atoms. The Kier molecular flexibility index (Phi) is 6.63. The topological polar surface area (TPSA) is 88.0 Å². The van der Waals surface area contributed by atoms with Gasteiger partial charge in [-0.15, -0.1) is 0 Å². The lowest BCUT2D eigenvalue weighted by Gasteiger charge is -2.12. The van der Waals surface area contributed by atoms with Crippen LogP contribution in [0.5, 0.6) is 0 Å². The predicted molar refractivity (Wildman–Crippen MR) is 113 cm³/mol. The highest BCUT2D eigenvalue weighted by Gasteiger charge is 2.09. The molecule has 7 heteroatoms. The number of anilines is 1. The second kappa shape index (κ2) is 9.54. The first-order valence-electron chi connectivity index (χ1n) is 9.52. The molecule has 0 fully saturated rings. The minimum Gasteiger partial charge on any atom is -0.352 e. The summed E-state index contributed by atoms with van der Waals surface area (Å²) < 4.78 is 1.99. The molecule has 2 aromatic carbocycles. The summed E-state index contributed by atoms with van der Waals surface area (Å²) in [5.41, 5.74) is 4.15. The number of urea groups is 1. The molecule has 0 radical (unpaired) electrons. The van der Waals surface area contributed by atoms with Crippen LogP contribution >= 0.6 is 0 Å². The van der Waals surface area contributed by atoms with Crippen molar-refractivity contribution in [2.24, 2.45) is 0 Å². The number of aromatic nitrogens is 2. The smallest absolute Gasteiger partial charge is 0.319 e. The molecular weight excluding hydrogens is 366 g/mol. The largest absolute Gasteiger partial charge is 0.352 e. The summed E-state index contributed by atoms with van der Waals surface area (Å²) >= 11 is 0. The number of rotatable bonds is 7. The van der Waals surface area contributed by atoms with Gasteiger partial charge in [0.2, 0.25) is 0 Å². The van der Waals surface area contributed by atoms with Crippen molar-refractivity contribution in [1.82, 2.24) is 20.2 Å². The number of aryl methyl sites for hydroxylation is 1. The van der Waals surface area contributed by atoms with Crippen molar-refractivity contribution in [3.05, 3.63) is 83.4 Å². The number of imidazole rings is 1. The summed E-state index contributed by atoms with van der Waals surface area (Å²) in [4.78, 5) is 28.4. The van der Waals surface area contributed by atoms with Crippen LogP contribution in [-0.2, 0) is 13.1 Å². The van der Waals surface area contributed by atoms with Crippen molar-refractivity contribution in [2.45, 2.75) is 26.9 Å². The fourth-order valence-corrected chi connectivity index (χ4v) is 2.94. The van der Waals surface area contributed by atoms with E-state index in [1.54, 1.807) is 24.7 Å². The van der Waals surface area contributed by atoms with Gasteiger partial charge in [-0.3, -0.25) is 4.79 Å². The monoisotopic (exact) mass is 391 g/mol. The van der Waals surface area contributed by atoms with Crippen molar-refractivity contribution in [1.29, 1.82) is 0 Å². The maximum Gasteiger partial charge on any atom is 0.319 e. The molecule has 3 N–H and O–H groups in total. The Morgan fingerprint density at radius 1 is 1.07 bits per heavy atom. The fraction of sp³-hybridized carbons (Fsp3) is 0.227. The highest BCUT2D eigenvalue weighted by Crippen LogP contribution is 2.17. The zero-order chi connectivity index (χ0) is 20.6. The third-order valence-corrected chi connectivity index (χ3v) is 4.45.